The Hall–Kier alpha value is -1.82. The maximum atomic E-state index is 11.5. The van der Waals surface area contributed by atoms with E-state index in [2.05, 4.69) is 16.4 Å². The summed E-state index contributed by atoms with van der Waals surface area (Å²) in [5.41, 5.74) is 1.54. The number of rotatable bonds is 3. The Balaban J connectivity index is 1.75. The number of ether oxygens (including phenoxy) is 1. The monoisotopic (exact) mass is 278 g/mol. The lowest BCUT2D eigenvalue weighted by Crippen LogP contribution is -2.29. The third kappa shape index (κ3) is 2.35. The molecule has 0 saturated carbocycles. The number of esters is 1. The molecule has 0 unspecified atom stereocenters. The predicted molar refractivity (Wildman–Crippen MR) is 71.5 cm³/mol. The van der Waals surface area contributed by atoms with Gasteiger partial charge in [-0.1, -0.05) is 0 Å². The van der Waals surface area contributed by atoms with Gasteiger partial charge in [0.2, 0.25) is 0 Å². The van der Waals surface area contributed by atoms with E-state index in [1.807, 2.05) is 4.90 Å². The van der Waals surface area contributed by atoms with E-state index < -0.39 is 5.97 Å². The molecule has 0 atom stereocenters. The van der Waals surface area contributed by atoms with Crippen molar-refractivity contribution >= 4 is 23.3 Å². The fourth-order valence-corrected chi connectivity index (χ4v) is 3.01. The van der Waals surface area contributed by atoms with Crippen molar-refractivity contribution in [1.82, 2.24) is 4.98 Å². The molecule has 0 saturated heterocycles. The van der Waals surface area contributed by atoms with Crippen molar-refractivity contribution in [3.05, 3.63) is 33.8 Å². The van der Waals surface area contributed by atoms with Gasteiger partial charge in [0, 0.05) is 18.0 Å². The summed E-state index contributed by atoms with van der Waals surface area (Å²) in [6.45, 7) is 3.74. The molecule has 5 nitrogen and oxygen atoms in total. The predicted octanol–water partition coefficient (Wildman–Crippen LogP) is 2.48. The molecule has 1 aliphatic heterocycles. The van der Waals surface area contributed by atoms with E-state index >= 15 is 0 Å². The van der Waals surface area contributed by atoms with Crippen LogP contribution in [0.5, 0.6) is 0 Å². The minimum Gasteiger partial charge on any atom is -0.461 e. The number of carbonyl (C=O) groups excluding carboxylic acids is 1. The van der Waals surface area contributed by atoms with E-state index in [1.54, 1.807) is 18.3 Å². The molecule has 0 aliphatic carbocycles. The number of nitrogens with zero attached hydrogens (tertiary/aromatic N) is 2. The van der Waals surface area contributed by atoms with Crippen LogP contribution in [0.1, 0.15) is 27.9 Å². The van der Waals surface area contributed by atoms with Gasteiger partial charge in [0.25, 0.3) is 6.01 Å². The van der Waals surface area contributed by atoms with E-state index in [0.29, 0.717) is 12.6 Å². The molecule has 0 fully saturated rings. The molecular weight excluding hydrogens is 264 g/mol. The highest BCUT2D eigenvalue weighted by molar-refractivity contribution is 7.10. The molecular formula is C13H14N2O3S. The quantitative estimate of drug-likeness (QED) is 0.807. The second-order valence-electron chi connectivity index (χ2n) is 4.28. The zero-order chi connectivity index (χ0) is 13.2. The van der Waals surface area contributed by atoms with Crippen molar-refractivity contribution in [1.29, 1.82) is 0 Å². The molecule has 0 N–H and O–H groups in total. The molecule has 6 heteroatoms. The lowest BCUT2D eigenvalue weighted by molar-refractivity contribution is 0.0519. The maximum Gasteiger partial charge on any atom is 0.360 e. The summed E-state index contributed by atoms with van der Waals surface area (Å²) in [5.74, 6) is -0.439. The van der Waals surface area contributed by atoms with Crippen LogP contribution in [-0.2, 0) is 17.7 Å². The lowest BCUT2D eigenvalue weighted by Gasteiger charge is -2.25. The van der Waals surface area contributed by atoms with E-state index in [-0.39, 0.29) is 5.69 Å². The van der Waals surface area contributed by atoms with Crippen molar-refractivity contribution < 1.29 is 13.9 Å². The molecule has 3 heterocycles. The summed E-state index contributed by atoms with van der Waals surface area (Å²) in [6.07, 6.45) is 2.35. The Morgan fingerprint density at radius 3 is 3.37 bits per heavy atom. The first kappa shape index (κ1) is 12.2. The van der Waals surface area contributed by atoms with Gasteiger partial charge in [-0.25, -0.2) is 4.79 Å². The summed E-state index contributed by atoms with van der Waals surface area (Å²) in [4.78, 5) is 19.2. The first-order chi connectivity index (χ1) is 9.28. The second-order valence-corrected chi connectivity index (χ2v) is 5.28. The first-order valence-corrected chi connectivity index (χ1v) is 7.08. The Kier molecular flexibility index (Phi) is 3.25. The van der Waals surface area contributed by atoms with Gasteiger partial charge in [-0.2, -0.15) is 4.98 Å². The molecule has 0 amide bonds. The van der Waals surface area contributed by atoms with Crippen LogP contribution >= 0.6 is 11.3 Å². The summed E-state index contributed by atoms with van der Waals surface area (Å²) < 4.78 is 10.3. The number of aromatic nitrogens is 1. The van der Waals surface area contributed by atoms with Gasteiger partial charge in [-0.3, -0.25) is 0 Å². The Bertz CT molecular complexity index is 590. The third-order valence-corrected chi connectivity index (χ3v) is 4.08. The maximum absolute atomic E-state index is 11.5. The van der Waals surface area contributed by atoms with Crippen molar-refractivity contribution in [3.63, 3.8) is 0 Å². The molecule has 19 heavy (non-hydrogen) atoms. The van der Waals surface area contributed by atoms with Gasteiger partial charge < -0.3 is 14.1 Å². The molecule has 2 aromatic heterocycles. The van der Waals surface area contributed by atoms with Crippen molar-refractivity contribution in [2.24, 2.45) is 0 Å². The Labute approximate surface area is 114 Å². The zero-order valence-electron chi connectivity index (χ0n) is 10.6. The van der Waals surface area contributed by atoms with Crippen molar-refractivity contribution in [2.75, 3.05) is 18.1 Å². The molecule has 0 aromatic carbocycles. The number of hydrogen-bond donors (Lipinski definition) is 0. The summed E-state index contributed by atoms with van der Waals surface area (Å²) in [5, 5.41) is 2.10. The van der Waals surface area contributed by atoms with Gasteiger partial charge in [0.05, 0.1) is 6.61 Å². The fourth-order valence-electron chi connectivity index (χ4n) is 2.12. The van der Waals surface area contributed by atoms with Crippen LogP contribution in [0.3, 0.4) is 0 Å². The van der Waals surface area contributed by atoms with Crippen LogP contribution in [0.15, 0.2) is 22.1 Å². The fraction of sp³-hybridized carbons (Fsp3) is 0.385. The van der Waals surface area contributed by atoms with Crippen LogP contribution in [0.2, 0.25) is 0 Å². The largest absolute Gasteiger partial charge is 0.461 e. The highest BCUT2D eigenvalue weighted by Gasteiger charge is 2.22. The average molecular weight is 278 g/mol. The average Bonchev–Trinajstić information content (AvgIpc) is 3.07. The van der Waals surface area contributed by atoms with Crippen LogP contribution < -0.4 is 4.90 Å². The number of oxazole rings is 1. The summed E-state index contributed by atoms with van der Waals surface area (Å²) in [7, 11) is 0. The molecule has 2 aromatic rings. The van der Waals surface area contributed by atoms with Crippen molar-refractivity contribution in [3.8, 4) is 0 Å². The van der Waals surface area contributed by atoms with Gasteiger partial charge in [-0.05, 0) is 30.4 Å². The van der Waals surface area contributed by atoms with Gasteiger partial charge in [0.15, 0.2) is 5.69 Å². The second kappa shape index (κ2) is 5.05. The van der Waals surface area contributed by atoms with Gasteiger partial charge in [-0.15, -0.1) is 11.3 Å². The molecule has 3 rings (SSSR count). The van der Waals surface area contributed by atoms with E-state index in [9.17, 15) is 4.79 Å². The van der Waals surface area contributed by atoms with E-state index in [4.69, 9.17) is 9.15 Å². The third-order valence-electron chi connectivity index (χ3n) is 3.05. The Morgan fingerprint density at radius 1 is 1.63 bits per heavy atom. The highest BCUT2D eigenvalue weighted by atomic mass is 32.1. The minimum absolute atomic E-state index is 0.230. The first-order valence-electron chi connectivity index (χ1n) is 6.20. The van der Waals surface area contributed by atoms with Gasteiger partial charge in [0.1, 0.15) is 6.26 Å². The SMILES string of the molecule is CCOC(=O)c1coc(N2CCc3sccc3C2)n1. The van der Waals surface area contributed by atoms with Gasteiger partial charge >= 0.3 is 5.97 Å². The number of carbonyl (C=O) groups is 1. The normalized spacial score (nSPS) is 14.3. The van der Waals surface area contributed by atoms with E-state index in [1.165, 1.54) is 16.7 Å². The molecule has 0 spiro atoms. The van der Waals surface area contributed by atoms with E-state index in [0.717, 1.165) is 19.5 Å². The van der Waals surface area contributed by atoms with Crippen LogP contribution in [-0.4, -0.2) is 24.1 Å². The highest BCUT2D eigenvalue weighted by Crippen LogP contribution is 2.27. The number of fused-ring (bicyclic) bond motifs is 1. The lowest BCUT2D eigenvalue weighted by atomic mass is 10.1. The standard InChI is InChI=1S/C13H14N2O3S/c1-2-17-12(16)10-8-18-13(14-10)15-5-3-11-9(7-15)4-6-19-11/h4,6,8H,2-3,5,7H2,1H3. The van der Waals surface area contributed by atoms with Crippen LogP contribution in [0.25, 0.3) is 0 Å². The number of thiophene rings is 1. The summed E-state index contributed by atoms with van der Waals surface area (Å²) in [6, 6.07) is 2.61. The van der Waals surface area contributed by atoms with Crippen LogP contribution in [0.4, 0.5) is 6.01 Å². The zero-order valence-corrected chi connectivity index (χ0v) is 11.4. The molecule has 1 aliphatic rings. The Morgan fingerprint density at radius 2 is 2.53 bits per heavy atom. The number of anilines is 1. The smallest absolute Gasteiger partial charge is 0.360 e. The topological polar surface area (TPSA) is 55.6 Å². The molecule has 100 valence electrons. The van der Waals surface area contributed by atoms with Crippen LogP contribution in [0, 0.1) is 0 Å². The summed E-state index contributed by atoms with van der Waals surface area (Å²) >= 11 is 1.79. The van der Waals surface area contributed by atoms with Crippen molar-refractivity contribution in [2.45, 2.75) is 19.9 Å². The molecule has 0 bridgehead atoms. The molecule has 0 radical (unpaired) electrons. The number of hydrogen-bond acceptors (Lipinski definition) is 6. The minimum atomic E-state index is -0.439.